The predicted molar refractivity (Wildman–Crippen MR) is 69.3 cm³/mol. The Morgan fingerprint density at radius 2 is 2.11 bits per heavy atom. The van der Waals surface area contributed by atoms with Crippen LogP contribution in [0.5, 0.6) is 0 Å². The van der Waals surface area contributed by atoms with Gasteiger partial charge in [-0.2, -0.15) is 0 Å². The van der Waals surface area contributed by atoms with E-state index in [0.29, 0.717) is 17.1 Å². The van der Waals surface area contributed by atoms with E-state index in [2.05, 4.69) is 15.3 Å². The highest BCUT2D eigenvalue weighted by atomic mass is 16.3. The number of carbonyl (C=O) groups is 1. The van der Waals surface area contributed by atoms with E-state index in [9.17, 15) is 9.90 Å². The molecule has 1 rings (SSSR count). The first kappa shape index (κ1) is 14.6. The Morgan fingerprint density at radius 3 is 2.61 bits per heavy atom. The van der Waals surface area contributed by atoms with Gasteiger partial charge in [0.2, 0.25) is 0 Å². The van der Waals surface area contributed by atoms with Crippen LogP contribution in [0.15, 0.2) is 6.20 Å². The second kappa shape index (κ2) is 5.44. The number of nitrogens with zero attached hydrogens (tertiary/aromatic N) is 2. The number of nitrogens with one attached hydrogen (secondary N) is 1. The van der Waals surface area contributed by atoms with Gasteiger partial charge in [0.05, 0.1) is 16.9 Å². The number of aryl methyl sites for hydroxylation is 2. The first-order valence-electron chi connectivity index (χ1n) is 6.05. The number of amides is 1. The fraction of sp³-hybridized carbons (Fsp3) is 0.615. The molecule has 0 radical (unpaired) electrons. The molecule has 1 aromatic heterocycles. The maximum atomic E-state index is 11.9. The van der Waals surface area contributed by atoms with E-state index in [1.165, 1.54) is 6.20 Å². The summed E-state index contributed by atoms with van der Waals surface area (Å²) in [6.07, 6.45) is 1.51. The lowest BCUT2D eigenvalue weighted by Gasteiger charge is -2.27. The topological polar surface area (TPSA) is 75.1 Å². The van der Waals surface area contributed by atoms with E-state index < -0.39 is 5.60 Å². The van der Waals surface area contributed by atoms with E-state index >= 15 is 0 Å². The molecule has 1 heterocycles. The Bertz CT molecular complexity index is 442. The summed E-state index contributed by atoms with van der Waals surface area (Å²) in [6.45, 7) is 9.27. The first-order chi connectivity index (χ1) is 8.24. The smallest absolute Gasteiger partial charge is 0.254 e. The fourth-order valence-electron chi connectivity index (χ4n) is 1.36. The van der Waals surface area contributed by atoms with Crippen LogP contribution in [-0.2, 0) is 0 Å². The van der Waals surface area contributed by atoms with Crippen LogP contribution in [0.3, 0.4) is 0 Å². The maximum absolute atomic E-state index is 11.9. The summed E-state index contributed by atoms with van der Waals surface area (Å²) in [6, 6.07) is 0. The SMILES string of the molecule is Cc1ncc(C(=O)NCC(C)(O)C(C)C)c(C)n1. The van der Waals surface area contributed by atoms with Crippen LogP contribution >= 0.6 is 0 Å². The van der Waals surface area contributed by atoms with E-state index in [1.807, 2.05) is 13.8 Å². The van der Waals surface area contributed by atoms with Crippen molar-refractivity contribution in [3.63, 3.8) is 0 Å². The quantitative estimate of drug-likeness (QED) is 0.844. The average Bonchev–Trinajstić information content (AvgIpc) is 2.25. The number of aromatic nitrogens is 2. The predicted octanol–water partition coefficient (Wildman–Crippen LogP) is 1.23. The molecule has 1 amide bonds. The standard InChI is InChI=1S/C13H21N3O2/c1-8(2)13(5,18)7-15-12(17)11-6-14-10(4)16-9(11)3/h6,8,18H,7H2,1-5H3,(H,15,17). The molecule has 0 aliphatic rings. The Morgan fingerprint density at radius 1 is 1.50 bits per heavy atom. The van der Waals surface area contributed by atoms with Crippen molar-refractivity contribution < 1.29 is 9.90 Å². The second-order valence-corrected chi connectivity index (χ2v) is 5.11. The van der Waals surface area contributed by atoms with Gasteiger partial charge in [-0.25, -0.2) is 9.97 Å². The van der Waals surface area contributed by atoms with Gasteiger partial charge in [-0.05, 0) is 26.7 Å². The minimum Gasteiger partial charge on any atom is -0.388 e. The van der Waals surface area contributed by atoms with Crippen LogP contribution in [0.1, 0.15) is 42.6 Å². The summed E-state index contributed by atoms with van der Waals surface area (Å²) in [5.41, 5.74) is 0.166. The van der Waals surface area contributed by atoms with Crippen molar-refractivity contribution >= 4 is 5.91 Å². The molecule has 2 N–H and O–H groups in total. The molecule has 0 fully saturated rings. The summed E-state index contributed by atoms with van der Waals surface area (Å²) in [7, 11) is 0. The zero-order valence-electron chi connectivity index (χ0n) is 11.6. The highest BCUT2D eigenvalue weighted by Gasteiger charge is 2.25. The molecule has 0 aliphatic carbocycles. The van der Waals surface area contributed by atoms with E-state index in [0.717, 1.165) is 0 Å². The third-order valence-electron chi connectivity index (χ3n) is 3.20. The van der Waals surface area contributed by atoms with Crippen LogP contribution < -0.4 is 5.32 Å². The van der Waals surface area contributed by atoms with E-state index in [-0.39, 0.29) is 18.4 Å². The zero-order chi connectivity index (χ0) is 13.9. The molecule has 5 heteroatoms. The van der Waals surface area contributed by atoms with Crippen molar-refractivity contribution in [1.29, 1.82) is 0 Å². The van der Waals surface area contributed by atoms with E-state index in [1.54, 1.807) is 20.8 Å². The monoisotopic (exact) mass is 251 g/mol. The number of hydrogen-bond acceptors (Lipinski definition) is 4. The third kappa shape index (κ3) is 3.50. The molecule has 0 bridgehead atoms. The van der Waals surface area contributed by atoms with Gasteiger partial charge in [0, 0.05) is 12.7 Å². The highest BCUT2D eigenvalue weighted by molar-refractivity contribution is 5.94. The number of hydrogen-bond donors (Lipinski definition) is 2. The van der Waals surface area contributed by atoms with Gasteiger partial charge < -0.3 is 10.4 Å². The third-order valence-corrected chi connectivity index (χ3v) is 3.20. The molecule has 100 valence electrons. The first-order valence-corrected chi connectivity index (χ1v) is 6.05. The van der Waals surface area contributed by atoms with E-state index in [4.69, 9.17) is 0 Å². The lowest BCUT2D eigenvalue weighted by atomic mass is 9.92. The lowest BCUT2D eigenvalue weighted by molar-refractivity contribution is 0.0142. The fourth-order valence-corrected chi connectivity index (χ4v) is 1.36. The Kier molecular flexibility index (Phi) is 4.40. The highest BCUT2D eigenvalue weighted by Crippen LogP contribution is 2.14. The largest absolute Gasteiger partial charge is 0.388 e. The molecule has 0 spiro atoms. The van der Waals surface area contributed by atoms with Crippen molar-refractivity contribution in [3.8, 4) is 0 Å². The Hall–Kier alpha value is -1.49. The molecular weight excluding hydrogens is 230 g/mol. The summed E-state index contributed by atoms with van der Waals surface area (Å²) in [5.74, 6) is 0.444. The second-order valence-electron chi connectivity index (χ2n) is 5.11. The normalized spacial score (nSPS) is 14.4. The molecule has 1 aromatic rings. The van der Waals surface area contributed by atoms with Crippen LogP contribution in [0.2, 0.25) is 0 Å². The molecule has 0 saturated heterocycles. The van der Waals surface area contributed by atoms with Gasteiger partial charge in [-0.1, -0.05) is 13.8 Å². The van der Waals surface area contributed by atoms with Gasteiger partial charge in [0.25, 0.3) is 5.91 Å². The minimum absolute atomic E-state index is 0.0631. The zero-order valence-corrected chi connectivity index (χ0v) is 11.6. The van der Waals surface area contributed by atoms with Crippen molar-refractivity contribution in [1.82, 2.24) is 15.3 Å². The number of aliphatic hydroxyl groups is 1. The van der Waals surface area contributed by atoms with Crippen molar-refractivity contribution in [2.24, 2.45) is 5.92 Å². The minimum atomic E-state index is -0.922. The van der Waals surface area contributed by atoms with Crippen molar-refractivity contribution in [2.75, 3.05) is 6.54 Å². The Balaban J connectivity index is 2.72. The van der Waals surface area contributed by atoms with Crippen LogP contribution in [0.4, 0.5) is 0 Å². The van der Waals surface area contributed by atoms with Gasteiger partial charge in [0.15, 0.2) is 0 Å². The van der Waals surface area contributed by atoms with Gasteiger partial charge in [-0.15, -0.1) is 0 Å². The van der Waals surface area contributed by atoms with Crippen molar-refractivity contribution in [3.05, 3.63) is 23.3 Å². The maximum Gasteiger partial charge on any atom is 0.254 e. The molecule has 0 aliphatic heterocycles. The molecule has 1 unspecified atom stereocenters. The average molecular weight is 251 g/mol. The molecule has 18 heavy (non-hydrogen) atoms. The van der Waals surface area contributed by atoms with Crippen LogP contribution in [0.25, 0.3) is 0 Å². The van der Waals surface area contributed by atoms with Gasteiger partial charge in [-0.3, -0.25) is 4.79 Å². The van der Waals surface area contributed by atoms with Crippen LogP contribution in [0, 0.1) is 19.8 Å². The molecule has 0 saturated carbocycles. The summed E-state index contributed by atoms with van der Waals surface area (Å²) >= 11 is 0. The molecule has 5 nitrogen and oxygen atoms in total. The number of carbonyl (C=O) groups excluding carboxylic acids is 1. The summed E-state index contributed by atoms with van der Waals surface area (Å²) in [4.78, 5) is 20.1. The van der Waals surface area contributed by atoms with Crippen LogP contribution in [-0.4, -0.2) is 33.1 Å². The Labute approximate surface area is 108 Å². The lowest BCUT2D eigenvalue weighted by Crippen LogP contribution is -2.44. The van der Waals surface area contributed by atoms with Gasteiger partial charge >= 0.3 is 0 Å². The number of rotatable bonds is 4. The molecule has 0 aromatic carbocycles. The van der Waals surface area contributed by atoms with Crippen molar-refractivity contribution in [2.45, 2.75) is 40.2 Å². The van der Waals surface area contributed by atoms with Gasteiger partial charge in [0.1, 0.15) is 5.82 Å². The summed E-state index contributed by atoms with van der Waals surface area (Å²) in [5, 5.41) is 12.8. The molecule has 1 atom stereocenters. The summed E-state index contributed by atoms with van der Waals surface area (Å²) < 4.78 is 0. The molecular formula is C13H21N3O2.